The number of halogens is 2. The van der Waals surface area contributed by atoms with Gasteiger partial charge in [-0.1, -0.05) is 6.07 Å². The van der Waals surface area contributed by atoms with Crippen LogP contribution in [-0.4, -0.2) is 0 Å². The van der Waals surface area contributed by atoms with Crippen molar-refractivity contribution < 1.29 is 8.78 Å². The Kier molecular flexibility index (Phi) is 8.64. The van der Waals surface area contributed by atoms with E-state index in [1.165, 1.54) is 28.3 Å². The van der Waals surface area contributed by atoms with Crippen molar-refractivity contribution in [2.45, 2.75) is 76.2 Å². The molecule has 0 atom stereocenters. The highest BCUT2D eigenvalue weighted by molar-refractivity contribution is 6.00. The van der Waals surface area contributed by atoms with Gasteiger partial charge < -0.3 is 0 Å². The minimum Gasteiger partial charge on any atom is -0.291 e. The quantitative estimate of drug-likeness (QED) is 0.179. The highest BCUT2D eigenvalue weighted by atomic mass is 19.1. The fraction of sp³-hybridized carbons (Fsp3) is 0.224. The van der Waals surface area contributed by atoms with E-state index in [2.05, 4.69) is 150 Å². The van der Waals surface area contributed by atoms with Gasteiger partial charge in [-0.25, -0.2) is 8.78 Å². The summed E-state index contributed by atoms with van der Waals surface area (Å²) in [7, 11) is 0. The summed E-state index contributed by atoms with van der Waals surface area (Å²) in [4.78, 5) is 8.93. The summed E-state index contributed by atoms with van der Waals surface area (Å²) < 4.78 is 31.4. The van der Waals surface area contributed by atoms with E-state index >= 15 is 8.78 Å². The lowest BCUT2D eigenvalue weighted by Crippen LogP contribution is -2.33. The molecule has 55 heavy (non-hydrogen) atoms. The molecular weight excluding hydrogens is 683 g/mol. The first-order valence-electron chi connectivity index (χ1n) is 19.0. The maximum Gasteiger partial charge on any atom is 0.166 e. The Bertz CT molecular complexity index is 2550. The van der Waals surface area contributed by atoms with Crippen molar-refractivity contribution in [3.63, 3.8) is 0 Å². The third kappa shape index (κ3) is 5.78. The minimum absolute atomic E-state index is 0.323. The predicted octanol–water partition coefficient (Wildman–Crippen LogP) is 13.8. The lowest BCUT2D eigenvalue weighted by atomic mass is 10.0. The van der Waals surface area contributed by atoms with E-state index in [1.807, 2.05) is 12.1 Å². The molecule has 0 amide bonds. The Balaban J connectivity index is 1.60. The number of hydrogen-bond donors (Lipinski definition) is 0. The molecule has 0 saturated carbocycles. The summed E-state index contributed by atoms with van der Waals surface area (Å²) in [5, 5.41) is 0. The Morgan fingerprint density at radius 2 is 0.600 bits per heavy atom. The average Bonchev–Trinajstić information content (AvgIpc) is 3.64. The van der Waals surface area contributed by atoms with Gasteiger partial charge in [0.05, 0.1) is 22.7 Å². The molecule has 2 heterocycles. The van der Waals surface area contributed by atoms with E-state index in [0.29, 0.717) is 0 Å². The zero-order chi connectivity index (χ0) is 39.2. The van der Waals surface area contributed by atoms with Crippen LogP contribution in [0.25, 0.3) is 0 Å². The predicted molar refractivity (Wildman–Crippen MR) is 226 cm³/mol. The summed E-state index contributed by atoms with van der Waals surface area (Å²) in [5.41, 5.74) is 19.7. The smallest absolute Gasteiger partial charge is 0.166 e. The molecule has 2 aliphatic rings. The van der Waals surface area contributed by atoms with Crippen LogP contribution in [0.4, 0.5) is 54.3 Å². The number of benzene rings is 6. The van der Waals surface area contributed by atoms with E-state index in [0.717, 1.165) is 96.1 Å². The third-order valence-corrected chi connectivity index (χ3v) is 12.1. The molecule has 6 aromatic rings. The van der Waals surface area contributed by atoms with Crippen molar-refractivity contribution >= 4 is 45.5 Å². The largest absolute Gasteiger partial charge is 0.291 e. The number of rotatable bonds is 4. The van der Waals surface area contributed by atoms with Crippen molar-refractivity contribution in [1.29, 1.82) is 0 Å². The van der Waals surface area contributed by atoms with Crippen molar-refractivity contribution in [2.24, 2.45) is 0 Å². The zero-order valence-corrected chi connectivity index (χ0v) is 33.7. The summed E-state index contributed by atoms with van der Waals surface area (Å²) in [6.07, 6.45) is 0. The van der Waals surface area contributed by atoms with Gasteiger partial charge in [-0.3, -0.25) is 19.6 Å². The van der Waals surface area contributed by atoms with Crippen LogP contribution in [0.2, 0.25) is 0 Å². The number of anilines is 8. The normalized spacial score (nSPS) is 15.0. The second kappa shape index (κ2) is 13.2. The van der Waals surface area contributed by atoms with Crippen LogP contribution in [0.15, 0.2) is 103 Å². The fourth-order valence-electron chi connectivity index (χ4n) is 8.12. The van der Waals surface area contributed by atoms with Crippen LogP contribution < -0.4 is 19.6 Å². The monoisotopic (exact) mass is 730 g/mol. The van der Waals surface area contributed by atoms with Crippen LogP contribution >= 0.6 is 0 Å². The molecule has 0 radical (unpaired) electrons. The van der Waals surface area contributed by atoms with Crippen LogP contribution in [-0.2, 0) is 0 Å². The van der Waals surface area contributed by atoms with Gasteiger partial charge in [0.15, 0.2) is 11.6 Å². The van der Waals surface area contributed by atoms with Gasteiger partial charge >= 0.3 is 0 Å². The fourth-order valence-corrected chi connectivity index (χ4v) is 8.12. The van der Waals surface area contributed by atoms with Crippen molar-refractivity contribution in [2.75, 3.05) is 19.6 Å². The molecule has 0 N–H and O–H groups in total. The highest BCUT2D eigenvalue weighted by Gasteiger charge is 2.45. The molecule has 0 fully saturated rings. The molecule has 0 aromatic heterocycles. The summed E-state index contributed by atoms with van der Waals surface area (Å²) in [6, 6.07) is 29.8. The molecule has 0 aliphatic carbocycles. The standard InChI is InChI=1S/C49H48F2N4/c1-27-12-15-40(18-28(27)2)52-44-16-13-38(50)25-46(44)54(42-21-31(5)36(10)32(6)22-42)48(52)49-53(41-19-29(3)35(9)30(4)20-41)45-17-14-39(51)26-47(45)55(49)43-23-33(7)37(11)34(8)24-43/h12-26H,1-11H3/b49-48+. The van der Waals surface area contributed by atoms with Crippen LogP contribution in [0.1, 0.15) is 61.2 Å². The first-order chi connectivity index (χ1) is 26.1. The summed E-state index contributed by atoms with van der Waals surface area (Å²) in [5.74, 6) is 0.957. The second-order valence-corrected chi connectivity index (χ2v) is 15.6. The van der Waals surface area contributed by atoms with E-state index in [-0.39, 0.29) is 11.6 Å². The van der Waals surface area contributed by atoms with Gasteiger partial charge in [0, 0.05) is 34.9 Å². The first-order valence-corrected chi connectivity index (χ1v) is 19.0. The molecule has 0 saturated heterocycles. The molecule has 0 spiro atoms. The van der Waals surface area contributed by atoms with Crippen molar-refractivity contribution in [3.05, 3.63) is 175 Å². The minimum atomic E-state index is -0.323. The van der Waals surface area contributed by atoms with Gasteiger partial charge in [-0.05, 0) is 210 Å². The molecule has 6 heteroatoms. The average molecular weight is 731 g/mol. The Morgan fingerprint density at radius 3 is 0.945 bits per heavy atom. The molecule has 6 aromatic carbocycles. The van der Waals surface area contributed by atoms with Crippen molar-refractivity contribution in [3.8, 4) is 0 Å². The zero-order valence-electron chi connectivity index (χ0n) is 33.7. The Morgan fingerprint density at radius 1 is 0.291 bits per heavy atom. The highest BCUT2D eigenvalue weighted by Crippen LogP contribution is 2.58. The molecule has 0 bridgehead atoms. The van der Waals surface area contributed by atoms with E-state index < -0.39 is 0 Å². The molecule has 2 aliphatic heterocycles. The van der Waals surface area contributed by atoms with Gasteiger partial charge in [0.25, 0.3) is 0 Å². The number of hydrogen-bond acceptors (Lipinski definition) is 4. The van der Waals surface area contributed by atoms with Crippen molar-refractivity contribution in [1.82, 2.24) is 0 Å². The second-order valence-electron chi connectivity index (χ2n) is 15.6. The van der Waals surface area contributed by atoms with E-state index in [1.54, 1.807) is 18.2 Å². The van der Waals surface area contributed by atoms with E-state index in [9.17, 15) is 0 Å². The summed E-state index contributed by atoms with van der Waals surface area (Å²) >= 11 is 0. The molecule has 4 nitrogen and oxygen atoms in total. The van der Waals surface area contributed by atoms with E-state index in [4.69, 9.17) is 0 Å². The molecular formula is C49H48F2N4. The maximum absolute atomic E-state index is 15.7. The number of fused-ring (bicyclic) bond motifs is 2. The topological polar surface area (TPSA) is 13.0 Å². The molecule has 278 valence electrons. The Hall–Kier alpha value is -5.88. The third-order valence-electron chi connectivity index (χ3n) is 12.1. The number of nitrogens with zero attached hydrogens (tertiary/aromatic N) is 4. The maximum atomic E-state index is 15.7. The summed E-state index contributed by atoms with van der Waals surface area (Å²) in [6.45, 7) is 23.5. The van der Waals surface area contributed by atoms with Crippen LogP contribution in [0, 0.1) is 87.8 Å². The SMILES string of the molecule is Cc1ccc(N2/C(=C3/N(c4cc(C)c(C)c(C)c4)c4ccc(F)cc4N3c3cc(C)c(C)c(C)c3)N(c3cc(C)c(C)c(C)c3)c3cc(F)ccc32)cc1C. The lowest BCUT2D eigenvalue weighted by Gasteiger charge is -2.35. The van der Waals surface area contributed by atoms with Gasteiger partial charge in [-0.2, -0.15) is 0 Å². The van der Waals surface area contributed by atoms with Gasteiger partial charge in [0.1, 0.15) is 11.6 Å². The van der Waals surface area contributed by atoms with Gasteiger partial charge in [-0.15, -0.1) is 0 Å². The Labute approximate surface area is 324 Å². The van der Waals surface area contributed by atoms with Gasteiger partial charge in [0.2, 0.25) is 0 Å². The molecule has 8 rings (SSSR count). The first kappa shape index (κ1) is 36.1. The number of aryl methyl sites for hydroxylation is 8. The van der Waals surface area contributed by atoms with Crippen LogP contribution in [0.3, 0.4) is 0 Å². The lowest BCUT2D eigenvalue weighted by molar-refractivity contribution is 0.628. The molecule has 0 unspecified atom stereocenters. The van der Waals surface area contributed by atoms with Crippen LogP contribution in [0.5, 0.6) is 0 Å².